The molecule has 7 heteroatoms. The highest BCUT2D eigenvalue weighted by molar-refractivity contribution is 5.78. The average molecular weight is 512 g/mol. The number of imidazole rings is 1. The minimum atomic E-state index is -0.635. The lowest BCUT2D eigenvalue weighted by Gasteiger charge is -2.48. The van der Waals surface area contributed by atoms with Gasteiger partial charge in [-0.1, -0.05) is 78.8 Å². The van der Waals surface area contributed by atoms with Crippen LogP contribution in [-0.2, 0) is 11.3 Å². The van der Waals surface area contributed by atoms with E-state index in [0.29, 0.717) is 18.8 Å². The molecule has 1 unspecified atom stereocenters. The molecule has 0 saturated heterocycles. The molecule has 0 aliphatic heterocycles. The number of benzene rings is 2. The van der Waals surface area contributed by atoms with Gasteiger partial charge < -0.3 is 14.6 Å². The monoisotopic (exact) mass is 511 g/mol. The standard InChI is InChI=1S/C30H39F2N3O2/c1-8-25(29(2,3)4)35(26(37)19-36)27(30(5,6)7)28-33-24(22-16-21(31)14-15-23(22)32)18-34(28)17-20-12-10-9-11-13-20/h9-16,18,25,27,36H,8,17,19H2,1-7H3/t25?,27-/m0/s1. The Bertz CT molecular complexity index is 1210. The molecule has 0 fully saturated rings. The largest absolute Gasteiger partial charge is 0.387 e. The number of carbonyl (C=O) groups is 1. The molecule has 2 aromatic carbocycles. The van der Waals surface area contributed by atoms with Gasteiger partial charge in [0, 0.05) is 24.3 Å². The first-order valence-electron chi connectivity index (χ1n) is 12.8. The maximum atomic E-state index is 14.8. The predicted octanol–water partition coefficient (Wildman–Crippen LogP) is 6.61. The molecule has 1 amide bonds. The van der Waals surface area contributed by atoms with Gasteiger partial charge in [-0.3, -0.25) is 4.79 Å². The molecule has 0 aliphatic carbocycles. The van der Waals surface area contributed by atoms with Crippen LogP contribution in [-0.4, -0.2) is 38.1 Å². The Kier molecular flexibility index (Phi) is 8.58. The Morgan fingerprint density at radius 2 is 1.68 bits per heavy atom. The zero-order valence-corrected chi connectivity index (χ0v) is 22.9. The van der Waals surface area contributed by atoms with E-state index < -0.39 is 35.6 Å². The van der Waals surface area contributed by atoms with E-state index in [-0.39, 0.29) is 22.7 Å². The molecule has 2 atom stereocenters. The lowest BCUT2D eigenvalue weighted by Crippen LogP contribution is -2.53. The van der Waals surface area contributed by atoms with Gasteiger partial charge in [-0.05, 0) is 41.0 Å². The van der Waals surface area contributed by atoms with Crippen LogP contribution in [0.2, 0.25) is 0 Å². The number of hydrogen-bond acceptors (Lipinski definition) is 3. The van der Waals surface area contributed by atoms with E-state index in [9.17, 15) is 18.7 Å². The van der Waals surface area contributed by atoms with Gasteiger partial charge in [0.1, 0.15) is 24.1 Å². The zero-order valence-electron chi connectivity index (χ0n) is 22.9. The highest BCUT2D eigenvalue weighted by Crippen LogP contribution is 2.43. The van der Waals surface area contributed by atoms with Gasteiger partial charge in [-0.2, -0.15) is 0 Å². The third-order valence-corrected chi connectivity index (χ3v) is 6.70. The van der Waals surface area contributed by atoms with Crippen molar-refractivity contribution in [3.8, 4) is 11.3 Å². The quantitative estimate of drug-likeness (QED) is 0.370. The maximum absolute atomic E-state index is 14.8. The molecule has 3 rings (SSSR count). The summed E-state index contributed by atoms with van der Waals surface area (Å²) in [4.78, 5) is 20.0. The fourth-order valence-corrected chi connectivity index (χ4v) is 5.11. The summed E-state index contributed by atoms with van der Waals surface area (Å²) < 4.78 is 30.9. The highest BCUT2D eigenvalue weighted by Gasteiger charge is 2.44. The lowest BCUT2D eigenvalue weighted by molar-refractivity contribution is -0.146. The molecule has 200 valence electrons. The van der Waals surface area contributed by atoms with Crippen LogP contribution in [0.3, 0.4) is 0 Å². The van der Waals surface area contributed by atoms with Crippen LogP contribution in [0.5, 0.6) is 0 Å². The number of hydrogen-bond donors (Lipinski definition) is 1. The van der Waals surface area contributed by atoms with E-state index >= 15 is 0 Å². The van der Waals surface area contributed by atoms with E-state index in [0.717, 1.165) is 23.8 Å². The number of nitrogens with zero attached hydrogens (tertiary/aromatic N) is 3. The Hall–Kier alpha value is -3.06. The smallest absolute Gasteiger partial charge is 0.249 e. The van der Waals surface area contributed by atoms with E-state index in [1.165, 1.54) is 0 Å². The van der Waals surface area contributed by atoms with Gasteiger partial charge in [-0.15, -0.1) is 0 Å². The van der Waals surface area contributed by atoms with Gasteiger partial charge in [0.25, 0.3) is 0 Å². The van der Waals surface area contributed by atoms with Crippen molar-refractivity contribution in [2.75, 3.05) is 6.61 Å². The number of aliphatic hydroxyl groups excluding tert-OH is 1. The van der Waals surface area contributed by atoms with E-state index in [4.69, 9.17) is 4.98 Å². The van der Waals surface area contributed by atoms with E-state index in [2.05, 4.69) is 20.8 Å². The Morgan fingerprint density at radius 3 is 2.22 bits per heavy atom. The lowest BCUT2D eigenvalue weighted by atomic mass is 9.78. The molecule has 3 aromatic rings. The molecule has 37 heavy (non-hydrogen) atoms. The van der Waals surface area contributed by atoms with Crippen molar-refractivity contribution >= 4 is 5.91 Å². The molecule has 1 N–H and O–H groups in total. The molecule has 1 aromatic heterocycles. The highest BCUT2D eigenvalue weighted by atomic mass is 19.1. The summed E-state index contributed by atoms with van der Waals surface area (Å²) in [6.07, 6.45) is 2.39. The summed E-state index contributed by atoms with van der Waals surface area (Å²) in [7, 11) is 0. The summed E-state index contributed by atoms with van der Waals surface area (Å²) in [5, 5.41) is 10.0. The molecule has 0 saturated carbocycles. The Morgan fingerprint density at radius 1 is 1.03 bits per heavy atom. The Labute approximate surface area is 219 Å². The van der Waals surface area contributed by atoms with Gasteiger partial charge in [0.15, 0.2) is 0 Å². The number of halogens is 2. The second-order valence-electron chi connectivity index (χ2n) is 11.7. The number of carbonyl (C=O) groups excluding carboxylic acids is 1. The van der Waals surface area contributed by atoms with Gasteiger partial charge >= 0.3 is 0 Å². The van der Waals surface area contributed by atoms with Crippen molar-refractivity contribution in [1.29, 1.82) is 0 Å². The topological polar surface area (TPSA) is 58.4 Å². The number of aromatic nitrogens is 2. The van der Waals surface area contributed by atoms with Crippen LogP contribution in [0.25, 0.3) is 11.3 Å². The molecule has 0 aliphatic rings. The molecular weight excluding hydrogens is 472 g/mol. The van der Waals surface area contributed by atoms with Crippen molar-refractivity contribution in [1.82, 2.24) is 14.5 Å². The predicted molar refractivity (Wildman–Crippen MR) is 143 cm³/mol. The fraction of sp³-hybridized carbons (Fsp3) is 0.467. The van der Waals surface area contributed by atoms with Crippen molar-refractivity contribution in [3.63, 3.8) is 0 Å². The number of rotatable bonds is 8. The third kappa shape index (κ3) is 6.45. The third-order valence-electron chi connectivity index (χ3n) is 6.70. The summed E-state index contributed by atoms with van der Waals surface area (Å²) in [6.45, 7) is 14.1. The van der Waals surface area contributed by atoms with Crippen molar-refractivity contribution in [2.45, 2.75) is 73.5 Å². The second-order valence-corrected chi connectivity index (χ2v) is 11.7. The van der Waals surface area contributed by atoms with Crippen LogP contribution < -0.4 is 0 Å². The molecule has 5 nitrogen and oxygen atoms in total. The van der Waals surface area contributed by atoms with E-state index in [1.807, 2.05) is 62.6 Å². The van der Waals surface area contributed by atoms with Crippen LogP contribution in [0.1, 0.15) is 72.3 Å². The molecule has 0 radical (unpaired) electrons. The van der Waals surface area contributed by atoms with Gasteiger partial charge in [-0.25, -0.2) is 13.8 Å². The van der Waals surface area contributed by atoms with Crippen LogP contribution in [0.15, 0.2) is 54.7 Å². The molecule has 1 heterocycles. The summed E-state index contributed by atoms with van der Waals surface area (Å²) in [5.41, 5.74) is 0.572. The molecule has 0 bridgehead atoms. The SMILES string of the molecule is CCC(N(C(=O)CO)[C@@H](c1nc(-c2cc(F)ccc2F)cn1Cc1ccccc1)C(C)(C)C)C(C)(C)C. The summed E-state index contributed by atoms with van der Waals surface area (Å²) in [5.74, 6) is -0.971. The first-order valence-corrected chi connectivity index (χ1v) is 12.8. The number of aliphatic hydroxyl groups is 1. The summed E-state index contributed by atoms with van der Waals surface area (Å²) in [6, 6.07) is 12.3. The van der Waals surface area contributed by atoms with Crippen molar-refractivity contribution < 1.29 is 18.7 Å². The maximum Gasteiger partial charge on any atom is 0.249 e. The summed E-state index contributed by atoms with van der Waals surface area (Å²) >= 11 is 0. The minimum absolute atomic E-state index is 0.0589. The van der Waals surface area contributed by atoms with E-state index in [1.54, 1.807) is 11.1 Å². The second kappa shape index (κ2) is 11.1. The Balaban J connectivity index is 2.31. The van der Waals surface area contributed by atoms with Crippen LogP contribution >= 0.6 is 0 Å². The molecular formula is C30H39F2N3O2. The first-order chi connectivity index (χ1) is 17.3. The normalized spacial score (nSPS) is 13.9. The molecule has 0 spiro atoms. The van der Waals surface area contributed by atoms with Crippen molar-refractivity contribution in [3.05, 3.63) is 77.8 Å². The minimum Gasteiger partial charge on any atom is -0.387 e. The average Bonchev–Trinajstić information content (AvgIpc) is 3.21. The fourth-order valence-electron chi connectivity index (χ4n) is 5.11. The van der Waals surface area contributed by atoms with Gasteiger partial charge in [0.2, 0.25) is 5.91 Å². The first kappa shape index (κ1) is 28.5. The van der Waals surface area contributed by atoms with Crippen LogP contribution in [0.4, 0.5) is 8.78 Å². The van der Waals surface area contributed by atoms with Gasteiger partial charge in [0.05, 0.1) is 11.7 Å². The van der Waals surface area contributed by atoms with Crippen LogP contribution in [0, 0.1) is 22.5 Å². The zero-order chi connectivity index (χ0) is 27.5. The number of amides is 1. The van der Waals surface area contributed by atoms with Crippen molar-refractivity contribution in [2.24, 2.45) is 10.8 Å².